The largest absolute Gasteiger partial charge is 0.433 e. The number of H-pyrrole nitrogens is 1. The Kier molecular flexibility index (Phi) is 3.69. The van der Waals surface area contributed by atoms with E-state index in [9.17, 15) is 18.0 Å². The standard InChI is InChI=1S/C12H11F3N4O2/c1-21-11(10(16)20,8-4-2-3-5-17-8)7-6-18-19-9(7)12(13,14)15/h2-6H,1H3,(H2,16,20)(H,18,19). The molecule has 0 aliphatic carbocycles. The maximum Gasteiger partial charge on any atom is 0.433 e. The van der Waals surface area contributed by atoms with Gasteiger partial charge in [0.05, 0.1) is 11.9 Å². The molecule has 2 rings (SSSR count). The third-order valence-electron chi connectivity index (χ3n) is 2.98. The fourth-order valence-electron chi connectivity index (χ4n) is 2.05. The molecule has 0 aliphatic rings. The number of alkyl halides is 3. The molecule has 2 aromatic rings. The highest BCUT2D eigenvalue weighted by molar-refractivity contribution is 5.88. The average molecular weight is 300 g/mol. The molecule has 0 bridgehead atoms. The lowest BCUT2D eigenvalue weighted by atomic mass is 9.88. The number of ether oxygens (including phenoxy) is 1. The molecule has 0 aliphatic heterocycles. The van der Waals surface area contributed by atoms with Crippen molar-refractivity contribution in [2.24, 2.45) is 5.73 Å². The molecule has 1 unspecified atom stereocenters. The third-order valence-corrected chi connectivity index (χ3v) is 2.98. The topological polar surface area (TPSA) is 93.9 Å². The molecular weight excluding hydrogens is 289 g/mol. The predicted octanol–water partition coefficient (Wildman–Crippen LogP) is 1.20. The Labute approximate surface area is 117 Å². The second-order valence-electron chi connectivity index (χ2n) is 4.12. The molecule has 1 atom stereocenters. The van der Waals surface area contributed by atoms with Gasteiger partial charge in [-0.3, -0.25) is 14.9 Å². The van der Waals surface area contributed by atoms with E-state index in [0.29, 0.717) is 0 Å². The van der Waals surface area contributed by atoms with Crippen molar-refractivity contribution in [2.75, 3.05) is 7.11 Å². The molecular formula is C12H11F3N4O2. The van der Waals surface area contributed by atoms with E-state index < -0.39 is 28.9 Å². The number of carbonyl (C=O) groups excluding carboxylic acids is 1. The zero-order chi connectivity index (χ0) is 15.7. The molecule has 6 nitrogen and oxygen atoms in total. The molecule has 9 heteroatoms. The molecule has 0 radical (unpaired) electrons. The highest BCUT2D eigenvalue weighted by Crippen LogP contribution is 2.39. The van der Waals surface area contributed by atoms with Gasteiger partial charge in [0.25, 0.3) is 5.91 Å². The smallest absolute Gasteiger partial charge is 0.366 e. The monoisotopic (exact) mass is 300 g/mol. The van der Waals surface area contributed by atoms with Crippen LogP contribution in [0, 0.1) is 0 Å². The van der Waals surface area contributed by atoms with Crippen LogP contribution in [-0.4, -0.2) is 28.2 Å². The van der Waals surface area contributed by atoms with Gasteiger partial charge < -0.3 is 10.5 Å². The van der Waals surface area contributed by atoms with Gasteiger partial charge in [-0.05, 0) is 12.1 Å². The Morgan fingerprint density at radius 3 is 2.57 bits per heavy atom. The second kappa shape index (κ2) is 5.17. The van der Waals surface area contributed by atoms with Crippen molar-refractivity contribution >= 4 is 5.91 Å². The first-order valence-electron chi connectivity index (χ1n) is 5.71. The lowest BCUT2D eigenvalue weighted by molar-refractivity contribution is -0.147. The van der Waals surface area contributed by atoms with Crippen LogP contribution in [0.2, 0.25) is 0 Å². The van der Waals surface area contributed by atoms with Crippen molar-refractivity contribution < 1.29 is 22.7 Å². The van der Waals surface area contributed by atoms with E-state index in [4.69, 9.17) is 10.5 Å². The third kappa shape index (κ3) is 2.35. The van der Waals surface area contributed by atoms with Crippen LogP contribution in [0.3, 0.4) is 0 Å². The van der Waals surface area contributed by atoms with Crippen LogP contribution < -0.4 is 5.73 Å². The van der Waals surface area contributed by atoms with Crippen LogP contribution in [0.5, 0.6) is 0 Å². The Hall–Kier alpha value is -2.42. The number of halogens is 3. The summed E-state index contributed by atoms with van der Waals surface area (Å²) in [7, 11) is 1.08. The van der Waals surface area contributed by atoms with Gasteiger partial charge in [0.2, 0.25) is 5.60 Å². The fraction of sp³-hybridized carbons (Fsp3) is 0.250. The van der Waals surface area contributed by atoms with Crippen LogP contribution in [0.25, 0.3) is 0 Å². The number of nitrogens with zero attached hydrogens (tertiary/aromatic N) is 2. The zero-order valence-electron chi connectivity index (χ0n) is 10.8. The Bertz CT molecular complexity index is 641. The molecule has 0 aromatic carbocycles. The number of methoxy groups -OCH3 is 1. The number of carbonyl (C=O) groups is 1. The molecule has 3 N–H and O–H groups in total. The van der Waals surface area contributed by atoms with Crippen LogP contribution in [-0.2, 0) is 21.3 Å². The van der Waals surface area contributed by atoms with Gasteiger partial charge in [0.15, 0.2) is 0 Å². The number of nitrogens with two attached hydrogens (primary N) is 1. The van der Waals surface area contributed by atoms with E-state index in [1.807, 2.05) is 5.10 Å². The van der Waals surface area contributed by atoms with E-state index in [2.05, 4.69) is 10.1 Å². The van der Waals surface area contributed by atoms with Gasteiger partial charge in [-0.2, -0.15) is 18.3 Å². The number of aromatic nitrogens is 3. The van der Waals surface area contributed by atoms with Gasteiger partial charge in [-0.1, -0.05) is 6.07 Å². The number of pyridine rings is 1. The summed E-state index contributed by atoms with van der Waals surface area (Å²) >= 11 is 0. The number of aromatic amines is 1. The first-order chi connectivity index (χ1) is 9.84. The number of hydrogen-bond donors (Lipinski definition) is 2. The van der Waals surface area contributed by atoms with Crippen molar-refractivity contribution in [2.45, 2.75) is 11.8 Å². The molecule has 1 amide bonds. The van der Waals surface area contributed by atoms with E-state index in [-0.39, 0.29) is 5.69 Å². The Balaban J connectivity index is 2.74. The molecule has 0 saturated carbocycles. The summed E-state index contributed by atoms with van der Waals surface area (Å²) in [4.78, 5) is 15.8. The van der Waals surface area contributed by atoms with Crippen molar-refractivity contribution in [3.05, 3.63) is 47.5 Å². The molecule has 112 valence electrons. The summed E-state index contributed by atoms with van der Waals surface area (Å²) in [5, 5.41) is 5.17. The molecule has 2 heterocycles. The van der Waals surface area contributed by atoms with Gasteiger partial charge in [-0.25, -0.2) is 0 Å². The van der Waals surface area contributed by atoms with Crippen LogP contribution in [0.4, 0.5) is 13.2 Å². The lowest BCUT2D eigenvalue weighted by Crippen LogP contribution is -2.45. The minimum absolute atomic E-state index is 0.0631. The van der Waals surface area contributed by atoms with E-state index in [1.165, 1.54) is 18.3 Å². The fourth-order valence-corrected chi connectivity index (χ4v) is 2.05. The molecule has 0 spiro atoms. The summed E-state index contributed by atoms with van der Waals surface area (Å²) in [5.74, 6) is -1.13. The van der Waals surface area contributed by atoms with Crippen LogP contribution in [0.15, 0.2) is 30.6 Å². The minimum atomic E-state index is -4.75. The normalized spacial score (nSPS) is 14.7. The quantitative estimate of drug-likeness (QED) is 0.887. The maximum absolute atomic E-state index is 13.0. The summed E-state index contributed by atoms with van der Waals surface area (Å²) in [6.07, 6.45) is -2.58. The molecule has 0 fully saturated rings. The predicted molar refractivity (Wildman–Crippen MR) is 64.8 cm³/mol. The summed E-state index contributed by atoms with van der Waals surface area (Å²) in [6, 6.07) is 4.40. The number of primary amides is 1. The van der Waals surface area contributed by atoms with E-state index >= 15 is 0 Å². The molecule has 0 saturated heterocycles. The van der Waals surface area contributed by atoms with Crippen molar-refractivity contribution in [1.29, 1.82) is 0 Å². The van der Waals surface area contributed by atoms with Gasteiger partial charge in [-0.15, -0.1) is 0 Å². The maximum atomic E-state index is 13.0. The number of rotatable bonds is 4. The van der Waals surface area contributed by atoms with Gasteiger partial charge in [0.1, 0.15) is 5.69 Å². The highest BCUT2D eigenvalue weighted by atomic mass is 19.4. The lowest BCUT2D eigenvalue weighted by Gasteiger charge is -2.28. The highest BCUT2D eigenvalue weighted by Gasteiger charge is 2.50. The number of nitrogens with one attached hydrogen (secondary N) is 1. The number of hydrogen-bond acceptors (Lipinski definition) is 4. The van der Waals surface area contributed by atoms with Gasteiger partial charge in [0, 0.05) is 18.9 Å². The van der Waals surface area contributed by atoms with Crippen LogP contribution >= 0.6 is 0 Å². The Morgan fingerprint density at radius 2 is 2.10 bits per heavy atom. The number of amides is 1. The van der Waals surface area contributed by atoms with Crippen molar-refractivity contribution in [3.63, 3.8) is 0 Å². The van der Waals surface area contributed by atoms with Gasteiger partial charge >= 0.3 is 6.18 Å². The Morgan fingerprint density at radius 1 is 1.38 bits per heavy atom. The van der Waals surface area contributed by atoms with Crippen molar-refractivity contribution in [3.8, 4) is 0 Å². The first-order valence-corrected chi connectivity index (χ1v) is 5.71. The minimum Gasteiger partial charge on any atom is -0.366 e. The zero-order valence-corrected chi connectivity index (χ0v) is 10.8. The summed E-state index contributed by atoms with van der Waals surface area (Å²) in [5.41, 5.74) is 1.31. The van der Waals surface area contributed by atoms with Crippen molar-refractivity contribution in [1.82, 2.24) is 15.2 Å². The average Bonchev–Trinajstić information content (AvgIpc) is 2.91. The molecule has 2 aromatic heterocycles. The second-order valence-corrected chi connectivity index (χ2v) is 4.12. The first kappa shape index (κ1) is 15.0. The SMILES string of the molecule is COC(C(N)=O)(c1ccccn1)c1cn[nH]c1C(F)(F)F. The van der Waals surface area contributed by atoms with E-state index in [1.54, 1.807) is 6.07 Å². The van der Waals surface area contributed by atoms with E-state index in [0.717, 1.165) is 13.3 Å². The van der Waals surface area contributed by atoms with Crippen LogP contribution in [0.1, 0.15) is 17.0 Å². The summed E-state index contributed by atoms with van der Waals surface area (Å²) in [6.45, 7) is 0. The summed E-state index contributed by atoms with van der Waals surface area (Å²) < 4.78 is 44.2. The molecule has 21 heavy (non-hydrogen) atoms.